The molecule has 2 unspecified atom stereocenters. The van der Waals surface area contributed by atoms with Crippen molar-refractivity contribution >= 4 is 0 Å². The van der Waals surface area contributed by atoms with Crippen molar-refractivity contribution < 1.29 is 5.11 Å². The molecule has 90 valence electrons. The first-order chi connectivity index (χ1) is 8.18. The normalized spacial score (nSPS) is 14.5. The van der Waals surface area contributed by atoms with E-state index in [1.54, 1.807) is 6.20 Å². The number of nitrogens with zero attached hydrogens (tertiary/aromatic N) is 2. The Morgan fingerprint density at radius 2 is 1.88 bits per heavy atom. The van der Waals surface area contributed by atoms with Crippen molar-refractivity contribution in [2.45, 2.75) is 32.3 Å². The average Bonchev–Trinajstić information content (AvgIpc) is 2.78. The van der Waals surface area contributed by atoms with E-state index in [1.807, 2.05) is 48.0 Å². The molecule has 0 saturated carbocycles. The lowest BCUT2D eigenvalue weighted by molar-refractivity contribution is 0.175. The van der Waals surface area contributed by atoms with Gasteiger partial charge in [0.2, 0.25) is 0 Å². The van der Waals surface area contributed by atoms with Crippen LogP contribution in [0.25, 0.3) is 5.69 Å². The van der Waals surface area contributed by atoms with Crippen LogP contribution in [0.15, 0.2) is 42.6 Å². The van der Waals surface area contributed by atoms with Crippen LogP contribution in [0.4, 0.5) is 0 Å². The van der Waals surface area contributed by atoms with Gasteiger partial charge in [0.15, 0.2) is 0 Å². The van der Waals surface area contributed by atoms with E-state index in [0.29, 0.717) is 0 Å². The Labute approximate surface area is 102 Å². The number of hydrogen-bond donors (Lipinski definition) is 1. The zero-order valence-electron chi connectivity index (χ0n) is 10.2. The highest BCUT2D eigenvalue weighted by molar-refractivity contribution is 5.33. The molecule has 0 bridgehead atoms. The SMILES string of the molecule is CC(O)CC(C)c1ccnn1-c1ccccc1. The Hall–Kier alpha value is -1.61. The summed E-state index contributed by atoms with van der Waals surface area (Å²) in [5, 5.41) is 13.8. The van der Waals surface area contributed by atoms with Crippen LogP contribution < -0.4 is 0 Å². The molecule has 1 heterocycles. The summed E-state index contributed by atoms with van der Waals surface area (Å²) in [6.07, 6.45) is 2.27. The summed E-state index contributed by atoms with van der Waals surface area (Å²) in [6.45, 7) is 3.93. The van der Waals surface area contributed by atoms with E-state index in [0.717, 1.165) is 17.8 Å². The fraction of sp³-hybridized carbons (Fsp3) is 0.357. The van der Waals surface area contributed by atoms with Gasteiger partial charge in [0.05, 0.1) is 11.8 Å². The minimum absolute atomic E-state index is 0.288. The Morgan fingerprint density at radius 1 is 1.18 bits per heavy atom. The van der Waals surface area contributed by atoms with Crippen LogP contribution >= 0.6 is 0 Å². The van der Waals surface area contributed by atoms with Crippen molar-refractivity contribution in [3.8, 4) is 5.69 Å². The van der Waals surface area contributed by atoms with Gasteiger partial charge in [-0.1, -0.05) is 25.1 Å². The number of rotatable bonds is 4. The monoisotopic (exact) mass is 230 g/mol. The number of para-hydroxylation sites is 1. The van der Waals surface area contributed by atoms with Crippen LogP contribution in [0.2, 0.25) is 0 Å². The maximum Gasteiger partial charge on any atom is 0.0648 e. The quantitative estimate of drug-likeness (QED) is 0.877. The van der Waals surface area contributed by atoms with Crippen molar-refractivity contribution in [2.75, 3.05) is 0 Å². The van der Waals surface area contributed by atoms with Crippen LogP contribution in [0.1, 0.15) is 31.9 Å². The number of hydrogen-bond acceptors (Lipinski definition) is 2. The first-order valence-electron chi connectivity index (χ1n) is 5.96. The minimum atomic E-state index is -0.288. The molecule has 0 spiro atoms. The Bertz CT molecular complexity index is 462. The third-order valence-corrected chi connectivity index (χ3v) is 2.87. The Morgan fingerprint density at radius 3 is 2.53 bits per heavy atom. The van der Waals surface area contributed by atoms with Gasteiger partial charge < -0.3 is 5.11 Å². The summed E-state index contributed by atoms with van der Waals surface area (Å²) in [6, 6.07) is 12.1. The van der Waals surface area contributed by atoms with Crippen LogP contribution in [0.5, 0.6) is 0 Å². The molecule has 0 fully saturated rings. The first kappa shape index (κ1) is 11.9. The highest BCUT2D eigenvalue weighted by Crippen LogP contribution is 2.22. The summed E-state index contributed by atoms with van der Waals surface area (Å²) < 4.78 is 1.94. The van der Waals surface area contributed by atoms with Gasteiger partial charge in [-0.3, -0.25) is 0 Å². The molecule has 0 amide bonds. The van der Waals surface area contributed by atoms with Gasteiger partial charge in [0, 0.05) is 17.8 Å². The van der Waals surface area contributed by atoms with Gasteiger partial charge in [-0.2, -0.15) is 5.10 Å². The van der Waals surface area contributed by atoms with Gasteiger partial charge in [-0.25, -0.2) is 4.68 Å². The minimum Gasteiger partial charge on any atom is -0.393 e. The van der Waals surface area contributed by atoms with E-state index in [2.05, 4.69) is 12.0 Å². The van der Waals surface area contributed by atoms with Crippen molar-refractivity contribution in [2.24, 2.45) is 0 Å². The molecule has 0 saturated heterocycles. The summed E-state index contributed by atoms with van der Waals surface area (Å²) in [7, 11) is 0. The number of benzene rings is 1. The zero-order chi connectivity index (χ0) is 12.3. The van der Waals surface area contributed by atoms with Crippen LogP contribution in [0, 0.1) is 0 Å². The van der Waals surface area contributed by atoms with Gasteiger partial charge in [0.25, 0.3) is 0 Å². The first-order valence-corrected chi connectivity index (χ1v) is 5.96. The lowest BCUT2D eigenvalue weighted by Crippen LogP contribution is -2.10. The largest absolute Gasteiger partial charge is 0.393 e. The molecule has 0 radical (unpaired) electrons. The van der Waals surface area contributed by atoms with E-state index in [-0.39, 0.29) is 12.0 Å². The number of aromatic nitrogens is 2. The highest BCUT2D eigenvalue weighted by Gasteiger charge is 2.14. The summed E-state index contributed by atoms with van der Waals surface area (Å²) in [4.78, 5) is 0. The molecule has 2 aromatic rings. The van der Waals surface area contributed by atoms with Crippen LogP contribution in [-0.2, 0) is 0 Å². The molecule has 0 aliphatic carbocycles. The third kappa shape index (κ3) is 2.74. The lowest BCUT2D eigenvalue weighted by Gasteiger charge is -2.15. The van der Waals surface area contributed by atoms with Gasteiger partial charge >= 0.3 is 0 Å². The maximum absolute atomic E-state index is 9.45. The van der Waals surface area contributed by atoms with Gasteiger partial charge in [-0.05, 0) is 31.5 Å². The molecule has 2 atom stereocenters. The molecule has 1 aromatic carbocycles. The average molecular weight is 230 g/mol. The summed E-state index contributed by atoms with van der Waals surface area (Å²) in [5.41, 5.74) is 2.20. The predicted octanol–water partition coefficient (Wildman–Crippen LogP) is 2.75. The Kier molecular flexibility index (Phi) is 3.59. The zero-order valence-corrected chi connectivity index (χ0v) is 10.2. The highest BCUT2D eigenvalue weighted by atomic mass is 16.3. The number of aliphatic hydroxyl groups excluding tert-OH is 1. The van der Waals surface area contributed by atoms with Crippen LogP contribution in [0.3, 0.4) is 0 Å². The van der Waals surface area contributed by atoms with Crippen molar-refractivity contribution in [1.82, 2.24) is 9.78 Å². The molecule has 0 aliphatic heterocycles. The van der Waals surface area contributed by atoms with Gasteiger partial charge in [0.1, 0.15) is 0 Å². The van der Waals surface area contributed by atoms with E-state index in [1.165, 1.54) is 0 Å². The van der Waals surface area contributed by atoms with Crippen molar-refractivity contribution in [1.29, 1.82) is 0 Å². The second kappa shape index (κ2) is 5.15. The van der Waals surface area contributed by atoms with Crippen molar-refractivity contribution in [3.63, 3.8) is 0 Å². The fourth-order valence-electron chi connectivity index (χ4n) is 2.10. The van der Waals surface area contributed by atoms with E-state index < -0.39 is 0 Å². The maximum atomic E-state index is 9.45. The molecule has 2 rings (SSSR count). The second-order valence-corrected chi connectivity index (χ2v) is 4.49. The van der Waals surface area contributed by atoms with Crippen LogP contribution in [-0.4, -0.2) is 21.0 Å². The predicted molar refractivity (Wildman–Crippen MR) is 68.3 cm³/mol. The molecule has 1 aromatic heterocycles. The summed E-state index contributed by atoms with van der Waals surface area (Å²) in [5.74, 6) is 0.290. The molecule has 3 heteroatoms. The van der Waals surface area contributed by atoms with E-state index in [9.17, 15) is 5.11 Å². The smallest absolute Gasteiger partial charge is 0.0648 e. The number of aliphatic hydroxyl groups is 1. The molecule has 0 aliphatic rings. The molecule has 3 nitrogen and oxygen atoms in total. The molecular formula is C14H18N2O. The van der Waals surface area contributed by atoms with E-state index in [4.69, 9.17) is 0 Å². The topological polar surface area (TPSA) is 38.1 Å². The summed E-state index contributed by atoms with van der Waals surface area (Å²) >= 11 is 0. The van der Waals surface area contributed by atoms with E-state index >= 15 is 0 Å². The third-order valence-electron chi connectivity index (χ3n) is 2.87. The molecular weight excluding hydrogens is 212 g/mol. The lowest BCUT2D eigenvalue weighted by atomic mass is 10.0. The molecule has 17 heavy (non-hydrogen) atoms. The fourth-order valence-corrected chi connectivity index (χ4v) is 2.10. The second-order valence-electron chi connectivity index (χ2n) is 4.49. The molecule has 1 N–H and O–H groups in total. The van der Waals surface area contributed by atoms with Gasteiger partial charge in [-0.15, -0.1) is 0 Å². The van der Waals surface area contributed by atoms with Crippen molar-refractivity contribution in [3.05, 3.63) is 48.3 Å². The standard InChI is InChI=1S/C14H18N2O/c1-11(10-12(2)17)14-8-9-15-16(14)13-6-4-3-5-7-13/h3-9,11-12,17H,10H2,1-2H3. The Balaban J connectivity index is 2.29.